The van der Waals surface area contributed by atoms with Crippen LogP contribution in [0.15, 0.2) is 12.3 Å². The predicted octanol–water partition coefficient (Wildman–Crippen LogP) is 1.92. The van der Waals surface area contributed by atoms with Crippen LogP contribution in [0.2, 0.25) is 0 Å². The monoisotopic (exact) mass is 216 g/mol. The number of hydrogen-bond donors (Lipinski definition) is 1. The maximum absolute atomic E-state index is 8.92. The average molecular weight is 216 g/mol. The summed E-state index contributed by atoms with van der Waals surface area (Å²) in [5.41, 5.74) is 6.99. The molecule has 0 bridgehead atoms. The molecule has 1 saturated heterocycles. The summed E-state index contributed by atoms with van der Waals surface area (Å²) in [5.74, 6) is 0.779. The molecule has 0 unspecified atom stereocenters. The molecule has 4 heteroatoms. The fourth-order valence-corrected chi connectivity index (χ4v) is 2.09. The highest BCUT2D eigenvalue weighted by atomic mass is 15.2. The second-order valence-corrected chi connectivity index (χ2v) is 4.11. The van der Waals surface area contributed by atoms with Crippen LogP contribution < -0.4 is 10.6 Å². The first kappa shape index (κ1) is 10.7. The van der Waals surface area contributed by atoms with Crippen LogP contribution in [0.1, 0.15) is 31.2 Å². The minimum absolute atomic E-state index is 0.520. The van der Waals surface area contributed by atoms with E-state index in [9.17, 15) is 0 Å². The first-order valence-electron chi connectivity index (χ1n) is 5.72. The molecule has 16 heavy (non-hydrogen) atoms. The van der Waals surface area contributed by atoms with Gasteiger partial charge < -0.3 is 10.6 Å². The largest absolute Gasteiger partial charge is 0.395 e. The van der Waals surface area contributed by atoms with Gasteiger partial charge in [0.25, 0.3) is 0 Å². The maximum atomic E-state index is 8.92. The van der Waals surface area contributed by atoms with Crippen molar-refractivity contribution in [3.8, 4) is 6.07 Å². The number of aromatic nitrogens is 1. The lowest BCUT2D eigenvalue weighted by atomic mass is 10.2. The molecule has 2 heterocycles. The highest BCUT2D eigenvalue weighted by molar-refractivity contribution is 5.69. The average Bonchev–Trinajstić information content (AvgIpc) is 2.58. The third-order valence-corrected chi connectivity index (χ3v) is 3.00. The molecule has 84 valence electrons. The van der Waals surface area contributed by atoms with Gasteiger partial charge in [0.05, 0.1) is 11.3 Å². The van der Waals surface area contributed by atoms with E-state index in [0.29, 0.717) is 11.3 Å². The summed E-state index contributed by atoms with van der Waals surface area (Å²) in [5, 5.41) is 8.92. The Balaban J connectivity index is 2.28. The van der Waals surface area contributed by atoms with Crippen molar-refractivity contribution < 1.29 is 0 Å². The minimum Gasteiger partial charge on any atom is -0.395 e. The van der Waals surface area contributed by atoms with E-state index in [1.54, 1.807) is 12.3 Å². The lowest BCUT2D eigenvalue weighted by Crippen LogP contribution is -2.26. The molecule has 1 aliphatic heterocycles. The topological polar surface area (TPSA) is 65.9 Å². The van der Waals surface area contributed by atoms with Crippen LogP contribution in [0.3, 0.4) is 0 Å². The van der Waals surface area contributed by atoms with Gasteiger partial charge in [-0.15, -0.1) is 0 Å². The smallest absolute Gasteiger partial charge is 0.153 e. The van der Waals surface area contributed by atoms with Crippen LogP contribution in [0.4, 0.5) is 11.5 Å². The molecule has 4 nitrogen and oxygen atoms in total. The van der Waals surface area contributed by atoms with E-state index in [1.807, 2.05) is 0 Å². The number of nitrogens with two attached hydrogens (primary N) is 1. The van der Waals surface area contributed by atoms with Gasteiger partial charge in [-0.25, -0.2) is 4.98 Å². The van der Waals surface area contributed by atoms with Gasteiger partial charge in [0.15, 0.2) is 5.82 Å². The van der Waals surface area contributed by atoms with Gasteiger partial charge in [0.1, 0.15) is 6.07 Å². The Labute approximate surface area is 95.7 Å². The molecular weight excluding hydrogens is 200 g/mol. The zero-order chi connectivity index (χ0) is 11.4. The number of pyridine rings is 1. The van der Waals surface area contributed by atoms with E-state index in [2.05, 4.69) is 16.0 Å². The van der Waals surface area contributed by atoms with Gasteiger partial charge in [-0.3, -0.25) is 0 Å². The van der Waals surface area contributed by atoms with E-state index < -0.39 is 0 Å². The Morgan fingerprint density at radius 3 is 2.56 bits per heavy atom. The molecule has 0 aromatic carbocycles. The molecule has 1 aromatic heterocycles. The Bertz CT molecular complexity index is 400. The van der Waals surface area contributed by atoms with Crippen molar-refractivity contribution >= 4 is 11.5 Å². The molecule has 0 spiro atoms. The summed E-state index contributed by atoms with van der Waals surface area (Å²) in [6, 6.07) is 3.76. The highest BCUT2D eigenvalue weighted by Crippen LogP contribution is 2.25. The van der Waals surface area contributed by atoms with Crippen molar-refractivity contribution in [3.63, 3.8) is 0 Å². The molecule has 0 saturated carbocycles. The van der Waals surface area contributed by atoms with Gasteiger partial charge in [0, 0.05) is 19.3 Å². The molecule has 2 rings (SSSR count). The van der Waals surface area contributed by atoms with Gasteiger partial charge in [-0.2, -0.15) is 5.26 Å². The SMILES string of the molecule is N#Cc1ccnc(N2CCCCCC2)c1N. The first-order chi connectivity index (χ1) is 7.83. The number of nitrogen functional groups attached to an aromatic ring is 1. The van der Waals surface area contributed by atoms with E-state index in [0.717, 1.165) is 18.9 Å². The maximum Gasteiger partial charge on any atom is 0.153 e. The molecular formula is C12H16N4. The van der Waals surface area contributed by atoms with Crippen molar-refractivity contribution in [2.24, 2.45) is 0 Å². The Hall–Kier alpha value is -1.76. The Morgan fingerprint density at radius 1 is 1.25 bits per heavy atom. The van der Waals surface area contributed by atoms with Gasteiger partial charge in [-0.05, 0) is 18.9 Å². The third kappa shape index (κ3) is 2.08. The van der Waals surface area contributed by atoms with E-state index in [1.165, 1.54) is 25.7 Å². The normalized spacial score (nSPS) is 16.6. The fourth-order valence-electron chi connectivity index (χ4n) is 2.09. The van der Waals surface area contributed by atoms with Gasteiger partial charge in [-0.1, -0.05) is 12.8 Å². The van der Waals surface area contributed by atoms with Crippen molar-refractivity contribution in [1.29, 1.82) is 5.26 Å². The Morgan fingerprint density at radius 2 is 1.94 bits per heavy atom. The van der Waals surface area contributed by atoms with Gasteiger partial charge in [0.2, 0.25) is 0 Å². The Kier molecular flexibility index (Phi) is 3.25. The van der Waals surface area contributed by atoms with E-state index in [4.69, 9.17) is 11.0 Å². The van der Waals surface area contributed by atoms with Crippen molar-refractivity contribution in [1.82, 2.24) is 4.98 Å². The van der Waals surface area contributed by atoms with Crippen LogP contribution in [0, 0.1) is 11.3 Å². The summed E-state index contributed by atoms with van der Waals surface area (Å²) in [6.45, 7) is 1.98. The summed E-state index contributed by atoms with van der Waals surface area (Å²) in [6.07, 6.45) is 6.56. The predicted molar refractivity (Wildman–Crippen MR) is 64.0 cm³/mol. The summed E-state index contributed by atoms with van der Waals surface area (Å²) in [4.78, 5) is 6.50. The van der Waals surface area contributed by atoms with Crippen LogP contribution in [0.25, 0.3) is 0 Å². The summed E-state index contributed by atoms with van der Waals surface area (Å²) >= 11 is 0. The molecule has 0 radical (unpaired) electrons. The molecule has 1 aromatic rings. The quantitative estimate of drug-likeness (QED) is 0.778. The standard InChI is InChI=1S/C12H16N4/c13-9-10-5-6-15-12(11(10)14)16-7-3-1-2-4-8-16/h5-6H,1-4,7-8,14H2. The highest BCUT2D eigenvalue weighted by Gasteiger charge is 2.15. The zero-order valence-corrected chi connectivity index (χ0v) is 9.32. The summed E-state index contributed by atoms with van der Waals surface area (Å²) in [7, 11) is 0. The molecule has 1 aliphatic rings. The lowest BCUT2D eigenvalue weighted by Gasteiger charge is -2.22. The zero-order valence-electron chi connectivity index (χ0n) is 9.32. The van der Waals surface area contributed by atoms with E-state index in [-0.39, 0.29) is 0 Å². The van der Waals surface area contributed by atoms with Crippen LogP contribution in [-0.2, 0) is 0 Å². The number of anilines is 2. The molecule has 0 atom stereocenters. The number of nitrogens with zero attached hydrogens (tertiary/aromatic N) is 3. The van der Waals surface area contributed by atoms with Crippen molar-refractivity contribution in [2.45, 2.75) is 25.7 Å². The third-order valence-electron chi connectivity index (χ3n) is 3.00. The molecule has 1 fully saturated rings. The van der Waals surface area contributed by atoms with Crippen molar-refractivity contribution in [3.05, 3.63) is 17.8 Å². The van der Waals surface area contributed by atoms with Gasteiger partial charge >= 0.3 is 0 Å². The molecule has 2 N–H and O–H groups in total. The lowest BCUT2D eigenvalue weighted by molar-refractivity contribution is 0.726. The second-order valence-electron chi connectivity index (χ2n) is 4.11. The van der Waals surface area contributed by atoms with Crippen molar-refractivity contribution in [2.75, 3.05) is 23.7 Å². The molecule has 0 amide bonds. The van der Waals surface area contributed by atoms with Crippen LogP contribution in [-0.4, -0.2) is 18.1 Å². The fraction of sp³-hybridized carbons (Fsp3) is 0.500. The van der Waals surface area contributed by atoms with Crippen LogP contribution >= 0.6 is 0 Å². The number of nitriles is 1. The minimum atomic E-state index is 0.520. The summed E-state index contributed by atoms with van der Waals surface area (Å²) < 4.78 is 0. The first-order valence-corrected chi connectivity index (χ1v) is 5.72. The second kappa shape index (κ2) is 4.84. The molecule has 0 aliphatic carbocycles. The number of hydrogen-bond acceptors (Lipinski definition) is 4. The van der Waals surface area contributed by atoms with Crippen LogP contribution in [0.5, 0.6) is 0 Å². The number of rotatable bonds is 1. The van der Waals surface area contributed by atoms with E-state index >= 15 is 0 Å².